The van der Waals surface area contributed by atoms with E-state index in [0.717, 1.165) is 5.56 Å². The van der Waals surface area contributed by atoms with Crippen molar-refractivity contribution in [2.24, 2.45) is 0 Å². The Hall–Kier alpha value is -1.71. The summed E-state index contributed by atoms with van der Waals surface area (Å²) in [5.41, 5.74) is 0.847. The van der Waals surface area contributed by atoms with Crippen LogP contribution in [0, 0.1) is 0 Å². The lowest BCUT2D eigenvalue weighted by molar-refractivity contribution is -0.266. The molecule has 3 N–H and O–H groups in total. The molecule has 1 aromatic rings. The fourth-order valence-electron chi connectivity index (χ4n) is 2.61. The van der Waals surface area contributed by atoms with Crippen molar-refractivity contribution in [3.63, 3.8) is 0 Å². The SMILES string of the molecule is CO[C@H]1O[C@H](CO)[C@@H](O)[C@H](OC)[C@H]1NC(=O)OCc1ccccc1. The van der Waals surface area contributed by atoms with Crippen LogP contribution in [0.3, 0.4) is 0 Å². The number of alkyl carbamates (subject to hydrolysis) is 1. The smallest absolute Gasteiger partial charge is 0.407 e. The van der Waals surface area contributed by atoms with E-state index in [4.69, 9.17) is 18.9 Å². The van der Waals surface area contributed by atoms with Gasteiger partial charge < -0.3 is 34.5 Å². The van der Waals surface area contributed by atoms with Gasteiger partial charge in [-0.1, -0.05) is 30.3 Å². The number of carbonyl (C=O) groups is 1. The molecule has 1 aliphatic heterocycles. The molecule has 0 bridgehead atoms. The molecule has 0 spiro atoms. The molecule has 1 heterocycles. The van der Waals surface area contributed by atoms with Gasteiger partial charge in [0.15, 0.2) is 6.29 Å². The molecule has 8 nitrogen and oxygen atoms in total. The fourth-order valence-corrected chi connectivity index (χ4v) is 2.61. The molecule has 1 aliphatic rings. The highest BCUT2D eigenvalue weighted by Gasteiger charge is 2.46. The highest BCUT2D eigenvalue weighted by atomic mass is 16.7. The first-order valence-electron chi connectivity index (χ1n) is 7.58. The van der Waals surface area contributed by atoms with Gasteiger partial charge >= 0.3 is 6.09 Å². The third kappa shape index (κ3) is 4.43. The average Bonchev–Trinajstić information content (AvgIpc) is 2.61. The molecular formula is C16H23NO7. The van der Waals surface area contributed by atoms with Crippen LogP contribution in [0.25, 0.3) is 0 Å². The van der Waals surface area contributed by atoms with Crippen molar-refractivity contribution in [2.75, 3.05) is 20.8 Å². The zero-order valence-electron chi connectivity index (χ0n) is 13.6. The molecule has 0 saturated carbocycles. The number of benzene rings is 1. The Morgan fingerprint density at radius 2 is 1.96 bits per heavy atom. The predicted molar refractivity (Wildman–Crippen MR) is 83.1 cm³/mol. The second-order valence-corrected chi connectivity index (χ2v) is 5.38. The Balaban J connectivity index is 1.98. The first-order valence-corrected chi connectivity index (χ1v) is 7.58. The van der Waals surface area contributed by atoms with Gasteiger partial charge in [-0.15, -0.1) is 0 Å². The van der Waals surface area contributed by atoms with Gasteiger partial charge in [0.1, 0.15) is 31.0 Å². The van der Waals surface area contributed by atoms with E-state index in [2.05, 4.69) is 5.32 Å². The number of nitrogens with one attached hydrogen (secondary N) is 1. The largest absolute Gasteiger partial charge is 0.445 e. The monoisotopic (exact) mass is 341 g/mol. The maximum atomic E-state index is 12.0. The second kappa shape index (κ2) is 8.95. The Morgan fingerprint density at radius 3 is 2.54 bits per heavy atom. The number of methoxy groups -OCH3 is 2. The van der Waals surface area contributed by atoms with Crippen molar-refractivity contribution in [3.8, 4) is 0 Å². The van der Waals surface area contributed by atoms with Gasteiger partial charge in [0.05, 0.1) is 6.61 Å². The lowest BCUT2D eigenvalue weighted by Crippen LogP contribution is -2.65. The van der Waals surface area contributed by atoms with Crippen LogP contribution in [0.4, 0.5) is 4.79 Å². The van der Waals surface area contributed by atoms with E-state index in [1.54, 1.807) is 0 Å². The number of amides is 1. The number of aliphatic hydroxyl groups is 2. The molecule has 1 saturated heterocycles. The van der Waals surface area contributed by atoms with Crippen molar-refractivity contribution in [2.45, 2.75) is 37.3 Å². The molecule has 24 heavy (non-hydrogen) atoms. The van der Waals surface area contributed by atoms with E-state index in [-0.39, 0.29) is 6.61 Å². The minimum absolute atomic E-state index is 0.108. The van der Waals surface area contributed by atoms with Crippen molar-refractivity contribution in [3.05, 3.63) is 35.9 Å². The van der Waals surface area contributed by atoms with Crippen LogP contribution in [0.5, 0.6) is 0 Å². The first-order chi connectivity index (χ1) is 11.6. The molecular weight excluding hydrogens is 318 g/mol. The topological polar surface area (TPSA) is 106 Å². The molecule has 1 amide bonds. The van der Waals surface area contributed by atoms with Gasteiger partial charge in [-0.3, -0.25) is 0 Å². The summed E-state index contributed by atoms with van der Waals surface area (Å²) in [5, 5.41) is 22.0. The van der Waals surface area contributed by atoms with Crippen LogP contribution in [-0.4, -0.2) is 67.8 Å². The minimum atomic E-state index is -1.12. The van der Waals surface area contributed by atoms with E-state index < -0.39 is 43.3 Å². The maximum Gasteiger partial charge on any atom is 0.407 e. The molecule has 0 aliphatic carbocycles. The number of rotatable bonds is 6. The van der Waals surface area contributed by atoms with Crippen LogP contribution < -0.4 is 5.32 Å². The molecule has 1 aromatic carbocycles. The van der Waals surface area contributed by atoms with E-state index in [1.807, 2.05) is 30.3 Å². The second-order valence-electron chi connectivity index (χ2n) is 5.38. The predicted octanol–water partition coefficient (Wildman–Crippen LogP) is 0.0209. The van der Waals surface area contributed by atoms with Crippen LogP contribution >= 0.6 is 0 Å². The van der Waals surface area contributed by atoms with Gasteiger partial charge in [0.2, 0.25) is 0 Å². The zero-order valence-corrected chi connectivity index (χ0v) is 13.6. The zero-order chi connectivity index (χ0) is 17.5. The van der Waals surface area contributed by atoms with Gasteiger partial charge in [0.25, 0.3) is 0 Å². The third-order valence-electron chi connectivity index (χ3n) is 3.86. The lowest BCUT2D eigenvalue weighted by atomic mass is 9.97. The summed E-state index contributed by atoms with van der Waals surface area (Å²) in [4.78, 5) is 12.0. The number of hydrogen-bond acceptors (Lipinski definition) is 7. The van der Waals surface area contributed by atoms with Crippen molar-refractivity contribution < 1.29 is 34.0 Å². The number of aliphatic hydroxyl groups excluding tert-OH is 2. The van der Waals surface area contributed by atoms with Gasteiger partial charge in [-0.05, 0) is 5.56 Å². The molecule has 5 atom stereocenters. The summed E-state index contributed by atoms with van der Waals surface area (Å²) in [7, 11) is 2.79. The Bertz CT molecular complexity index is 512. The summed E-state index contributed by atoms with van der Waals surface area (Å²) >= 11 is 0. The normalized spacial score (nSPS) is 29.9. The average molecular weight is 341 g/mol. The molecule has 0 unspecified atom stereocenters. The molecule has 0 aromatic heterocycles. The summed E-state index contributed by atoms with van der Waals surface area (Å²) in [6.07, 6.45) is -4.37. The molecule has 134 valence electrons. The van der Waals surface area contributed by atoms with Crippen LogP contribution in [0.15, 0.2) is 30.3 Å². The van der Waals surface area contributed by atoms with Gasteiger partial charge in [0, 0.05) is 14.2 Å². The minimum Gasteiger partial charge on any atom is -0.445 e. The Labute approximate surface area is 140 Å². The summed E-state index contributed by atoms with van der Waals surface area (Å²) < 4.78 is 21.0. The van der Waals surface area contributed by atoms with E-state index in [0.29, 0.717) is 0 Å². The summed E-state index contributed by atoms with van der Waals surface area (Å²) in [5.74, 6) is 0. The standard InChI is InChI=1S/C16H23NO7/c1-21-14-12(15(22-2)24-11(8-18)13(14)19)17-16(20)23-9-10-6-4-3-5-7-10/h3-7,11-15,18-19H,8-9H2,1-2H3,(H,17,20)/t11-,12-,13-,14-,15+/m1/s1. The van der Waals surface area contributed by atoms with Crippen molar-refractivity contribution in [1.82, 2.24) is 5.32 Å². The van der Waals surface area contributed by atoms with Crippen molar-refractivity contribution in [1.29, 1.82) is 0 Å². The maximum absolute atomic E-state index is 12.0. The van der Waals surface area contributed by atoms with Crippen molar-refractivity contribution >= 4 is 6.09 Å². The quantitative estimate of drug-likeness (QED) is 0.670. The molecule has 0 radical (unpaired) electrons. The summed E-state index contributed by atoms with van der Waals surface area (Å²) in [6, 6.07) is 8.44. The Kier molecular flexibility index (Phi) is 6.95. The fraction of sp³-hybridized carbons (Fsp3) is 0.562. The Morgan fingerprint density at radius 1 is 1.25 bits per heavy atom. The molecule has 8 heteroatoms. The van der Waals surface area contributed by atoms with Crippen LogP contribution in [0.1, 0.15) is 5.56 Å². The summed E-state index contributed by atoms with van der Waals surface area (Å²) in [6.45, 7) is -0.288. The lowest BCUT2D eigenvalue weighted by Gasteiger charge is -2.43. The number of carbonyl (C=O) groups excluding carboxylic acids is 1. The van der Waals surface area contributed by atoms with E-state index in [1.165, 1.54) is 14.2 Å². The number of hydrogen-bond donors (Lipinski definition) is 3. The van der Waals surface area contributed by atoms with Gasteiger partial charge in [-0.25, -0.2) is 4.79 Å². The number of ether oxygens (including phenoxy) is 4. The highest BCUT2D eigenvalue weighted by Crippen LogP contribution is 2.23. The third-order valence-corrected chi connectivity index (χ3v) is 3.86. The highest BCUT2D eigenvalue weighted by molar-refractivity contribution is 5.67. The molecule has 1 fully saturated rings. The van der Waals surface area contributed by atoms with E-state index in [9.17, 15) is 15.0 Å². The first kappa shape index (κ1) is 18.6. The van der Waals surface area contributed by atoms with E-state index >= 15 is 0 Å². The molecule has 2 rings (SSSR count). The van der Waals surface area contributed by atoms with Gasteiger partial charge in [-0.2, -0.15) is 0 Å². The van der Waals surface area contributed by atoms with Crippen LogP contribution in [-0.2, 0) is 25.6 Å². The van der Waals surface area contributed by atoms with Crippen LogP contribution in [0.2, 0.25) is 0 Å².